The van der Waals surface area contributed by atoms with Crippen molar-refractivity contribution in [2.75, 3.05) is 32.1 Å². The van der Waals surface area contributed by atoms with Gasteiger partial charge in [-0.15, -0.1) is 0 Å². The van der Waals surface area contributed by atoms with Crippen LogP contribution in [0.2, 0.25) is 0 Å². The molecule has 154 valence electrons. The van der Waals surface area contributed by atoms with Gasteiger partial charge in [0.2, 0.25) is 0 Å². The lowest BCUT2D eigenvalue weighted by molar-refractivity contribution is 0.0802. The third kappa shape index (κ3) is 6.08. The van der Waals surface area contributed by atoms with E-state index in [-0.39, 0.29) is 11.8 Å². The second kappa shape index (κ2) is 10.5. The van der Waals surface area contributed by atoms with Crippen LogP contribution in [0.3, 0.4) is 0 Å². The van der Waals surface area contributed by atoms with Crippen LogP contribution in [0.4, 0.5) is 5.69 Å². The highest BCUT2D eigenvalue weighted by Crippen LogP contribution is 2.26. The lowest BCUT2D eigenvalue weighted by Gasteiger charge is -2.21. The lowest BCUT2D eigenvalue weighted by atomic mass is 10.1. The van der Waals surface area contributed by atoms with Crippen LogP contribution in [0, 0.1) is 0 Å². The fourth-order valence-electron chi connectivity index (χ4n) is 3.16. The molecule has 1 aliphatic heterocycles. The molecule has 1 fully saturated rings. The summed E-state index contributed by atoms with van der Waals surface area (Å²) in [4.78, 5) is 26.7. The Kier molecular flexibility index (Phi) is 7.72. The summed E-state index contributed by atoms with van der Waals surface area (Å²) in [5.41, 5.74) is 2.95. The minimum Gasteiger partial charge on any atom is -0.381 e. The molecule has 0 atom stereocenters. The summed E-state index contributed by atoms with van der Waals surface area (Å²) in [5.74, 6) is 0.615. The molecule has 0 spiro atoms. The molecule has 0 aliphatic carbocycles. The molecule has 29 heavy (non-hydrogen) atoms. The predicted molar refractivity (Wildman–Crippen MR) is 119 cm³/mol. The van der Waals surface area contributed by atoms with Gasteiger partial charge in [-0.05, 0) is 55.7 Å². The summed E-state index contributed by atoms with van der Waals surface area (Å²) in [6.45, 7) is 4.24. The van der Waals surface area contributed by atoms with Gasteiger partial charge in [0.15, 0.2) is 0 Å². The molecule has 1 heterocycles. The molecule has 0 unspecified atom stereocenters. The average molecular weight is 413 g/mol. The van der Waals surface area contributed by atoms with Crippen molar-refractivity contribution in [2.24, 2.45) is 0 Å². The van der Waals surface area contributed by atoms with Gasteiger partial charge in [-0.25, -0.2) is 0 Å². The van der Waals surface area contributed by atoms with E-state index in [4.69, 9.17) is 4.74 Å². The Hall–Kier alpha value is -2.31. The maximum absolute atomic E-state index is 12.7. The lowest BCUT2D eigenvalue weighted by Crippen LogP contribution is -2.26. The minimum atomic E-state index is -0.215. The van der Waals surface area contributed by atoms with Gasteiger partial charge in [0.1, 0.15) is 0 Å². The number of anilines is 1. The Bertz CT molecular complexity index is 850. The Morgan fingerprint density at radius 3 is 2.59 bits per heavy atom. The molecule has 2 aromatic rings. The Balaban J connectivity index is 1.62. The number of hydrogen-bond donors (Lipinski definition) is 1. The summed E-state index contributed by atoms with van der Waals surface area (Å²) in [6.07, 6.45) is 2.20. The number of amides is 2. The third-order valence-electron chi connectivity index (χ3n) is 5.03. The zero-order valence-electron chi connectivity index (χ0n) is 17.0. The first kappa shape index (κ1) is 21.4. The smallest absolute Gasteiger partial charge is 0.255 e. The molecule has 5 nitrogen and oxygen atoms in total. The molecule has 0 radical (unpaired) electrons. The summed E-state index contributed by atoms with van der Waals surface area (Å²) in [6, 6.07) is 14.8. The monoisotopic (exact) mass is 412 g/mol. The molecule has 2 amide bonds. The third-order valence-corrected chi connectivity index (χ3v) is 6.47. The van der Waals surface area contributed by atoms with E-state index in [1.807, 2.05) is 36.9 Å². The van der Waals surface area contributed by atoms with Gasteiger partial charge in [-0.3, -0.25) is 9.59 Å². The van der Waals surface area contributed by atoms with Gasteiger partial charge in [-0.2, -0.15) is 11.8 Å². The normalized spacial score (nSPS) is 14.4. The fraction of sp³-hybridized carbons (Fsp3) is 0.391. The van der Waals surface area contributed by atoms with E-state index < -0.39 is 0 Å². The van der Waals surface area contributed by atoms with Crippen LogP contribution < -0.4 is 5.32 Å². The van der Waals surface area contributed by atoms with E-state index in [9.17, 15) is 9.59 Å². The van der Waals surface area contributed by atoms with Gasteiger partial charge in [0.05, 0.1) is 0 Å². The van der Waals surface area contributed by atoms with Crippen molar-refractivity contribution in [3.05, 3.63) is 65.2 Å². The molecule has 0 saturated carbocycles. The largest absolute Gasteiger partial charge is 0.381 e. The molecular formula is C23H28N2O3S. The number of thioether (sulfide) groups is 1. The number of carbonyl (C=O) groups is 2. The first-order valence-electron chi connectivity index (χ1n) is 10.0. The fourth-order valence-corrected chi connectivity index (χ4v) is 4.29. The maximum Gasteiger partial charge on any atom is 0.255 e. The highest BCUT2D eigenvalue weighted by molar-refractivity contribution is 7.99. The van der Waals surface area contributed by atoms with Crippen molar-refractivity contribution in [1.29, 1.82) is 0 Å². The molecule has 1 aliphatic rings. The number of benzene rings is 2. The minimum absolute atomic E-state index is 0.0886. The first-order chi connectivity index (χ1) is 14.1. The topological polar surface area (TPSA) is 58.6 Å². The average Bonchev–Trinajstić information content (AvgIpc) is 2.77. The zero-order chi connectivity index (χ0) is 20.6. The molecule has 2 aromatic carbocycles. The highest BCUT2D eigenvalue weighted by Gasteiger charge is 2.15. The van der Waals surface area contributed by atoms with E-state index >= 15 is 0 Å². The van der Waals surface area contributed by atoms with E-state index in [0.29, 0.717) is 22.9 Å². The summed E-state index contributed by atoms with van der Waals surface area (Å²) in [7, 11) is 1.75. The van der Waals surface area contributed by atoms with Gasteiger partial charge < -0.3 is 15.0 Å². The number of rotatable bonds is 7. The first-order valence-corrected chi connectivity index (χ1v) is 11.1. The van der Waals surface area contributed by atoms with Crippen LogP contribution in [0.5, 0.6) is 0 Å². The van der Waals surface area contributed by atoms with Crippen molar-refractivity contribution < 1.29 is 14.3 Å². The predicted octanol–water partition coefficient (Wildman–Crippen LogP) is 4.44. The molecule has 1 N–H and O–H groups in total. The van der Waals surface area contributed by atoms with Crippen molar-refractivity contribution in [2.45, 2.75) is 30.8 Å². The molecule has 0 bridgehead atoms. The van der Waals surface area contributed by atoms with Gasteiger partial charge in [-0.1, -0.05) is 18.2 Å². The van der Waals surface area contributed by atoms with Gasteiger partial charge in [0.25, 0.3) is 11.8 Å². The van der Waals surface area contributed by atoms with Gasteiger partial charge in [0, 0.05) is 54.6 Å². The Morgan fingerprint density at radius 2 is 1.83 bits per heavy atom. The number of nitrogens with zero attached hydrogens (tertiary/aromatic N) is 1. The molecule has 0 aromatic heterocycles. The second-order valence-corrected chi connectivity index (χ2v) is 8.47. The zero-order valence-corrected chi connectivity index (χ0v) is 17.8. The highest BCUT2D eigenvalue weighted by atomic mass is 32.2. The van der Waals surface area contributed by atoms with Crippen molar-refractivity contribution >= 4 is 29.3 Å². The van der Waals surface area contributed by atoms with Crippen LogP contribution in [0.1, 0.15) is 46.0 Å². The van der Waals surface area contributed by atoms with Crippen LogP contribution in [-0.2, 0) is 10.5 Å². The SMILES string of the molecule is CCN(C)C(=O)c1cccc(C(=O)Nc2cccc(CSC3CCOCC3)c2)c1. The van der Waals surface area contributed by atoms with Crippen molar-refractivity contribution in [1.82, 2.24) is 4.90 Å². The summed E-state index contributed by atoms with van der Waals surface area (Å²) >= 11 is 1.95. The van der Waals surface area contributed by atoms with Crippen LogP contribution in [0.15, 0.2) is 48.5 Å². The van der Waals surface area contributed by atoms with E-state index in [2.05, 4.69) is 11.4 Å². The molecule has 3 rings (SSSR count). The van der Waals surface area contributed by atoms with Crippen molar-refractivity contribution in [3.63, 3.8) is 0 Å². The molecule has 6 heteroatoms. The number of ether oxygens (including phenoxy) is 1. The summed E-state index contributed by atoms with van der Waals surface area (Å²) in [5, 5.41) is 3.59. The van der Waals surface area contributed by atoms with Gasteiger partial charge >= 0.3 is 0 Å². The van der Waals surface area contributed by atoms with E-state index in [1.54, 1.807) is 36.2 Å². The van der Waals surface area contributed by atoms with E-state index in [1.165, 1.54) is 5.56 Å². The van der Waals surface area contributed by atoms with E-state index in [0.717, 1.165) is 37.5 Å². The maximum atomic E-state index is 12.7. The van der Waals surface area contributed by atoms with Crippen molar-refractivity contribution in [3.8, 4) is 0 Å². The Labute approximate surface area is 176 Å². The Morgan fingerprint density at radius 1 is 1.10 bits per heavy atom. The number of hydrogen-bond acceptors (Lipinski definition) is 4. The van der Waals surface area contributed by atoms with Crippen LogP contribution >= 0.6 is 11.8 Å². The quantitative estimate of drug-likeness (QED) is 0.730. The number of nitrogens with one attached hydrogen (secondary N) is 1. The van der Waals surface area contributed by atoms with Crippen LogP contribution in [-0.4, -0.2) is 48.8 Å². The summed E-state index contributed by atoms with van der Waals surface area (Å²) < 4.78 is 5.41. The van der Waals surface area contributed by atoms with Crippen LogP contribution in [0.25, 0.3) is 0 Å². The number of carbonyl (C=O) groups excluding carboxylic acids is 2. The molecule has 1 saturated heterocycles. The second-order valence-electron chi connectivity index (χ2n) is 7.18. The molecular weight excluding hydrogens is 384 g/mol. The standard InChI is InChI=1S/C23H28N2O3S/c1-3-25(2)23(27)19-8-5-7-18(15-19)22(26)24-20-9-4-6-17(14-20)16-29-21-10-12-28-13-11-21/h4-9,14-15,21H,3,10-13,16H2,1-2H3,(H,24,26).